The van der Waals surface area contributed by atoms with E-state index in [0.29, 0.717) is 10.8 Å². The maximum Gasteiger partial charge on any atom is 0.157 e. The van der Waals surface area contributed by atoms with Gasteiger partial charge in [-0.05, 0) is 33.0 Å². The van der Waals surface area contributed by atoms with Crippen LogP contribution < -0.4 is 10.6 Å². The normalized spacial score (nSPS) is 11.0. The summed E-state index contributed by atoms with van der Waals surface area (Å²) in [6.45, 7) is 11.5. The van der Waals surface area contributed by atoms with Crippen LogP contribution in [-0.2, 0) is 0 Å². The first-order valence-corrected chi connectivity index (χ1v) is 7.25. The highest BCUT2D eigenvalue weighted by Crippen LogP contribution is 2.25. The molecule has 108 valence electrons. The summed E-state index contributed by atoms with van der Waals surface area (Å²) in [5.41, 5.74) is 6.40. The lowest BCUT2D eigenvalue weighted by molar-refractivity contribution is 0.300. The second-order valence-corrected chi connectivity index (χ2v) is 4.72. The van der Waals surface area contributed by atoms with Crippen LogP contribution in [0.25, 0.3) is 0 Å². The smallest absolute Gasteiger partial charge is 0.157 e. The maximum atomic E-state index is 5.93. The molecule has 0 spiro atoms. The van der Waals surface area contributed by atoms with Gasteiger partial charge in [-0.25, -0.2) is 9.97 Å². The van der Waals surface area contributed by atoms with E-state index in [1.54, 1.807) is 0 Å². The summed E-state index contributed by atoms with van der Waals surface area (Å²) in [6.07, 6.45) is 2.54. The molecule has 0 fully saturated rings. The van der Waals surface area contributed by atoms with Crippen LogP contribution in [0, 0.1) is 0 Å². The first-order chi connectivity index (χ1) is 9.13. The molecular weight excluding hydrogens is 262 g/mol. The highest BCUT2D eigenvalue weighted by atomic mass is 35.5. The van der Waals surface area contributed by atoms with Gasteiger partial charge in [0.15, 0.2) is 11.0 Å². The number of halogens is 1. The molecule has 0 saturated carbocycles. The summed E-state index contributed by atoms with van der Waals surface area (Å²) >= 11 is 5.93. The van der Waals surface area contributed by atoms with E-state index < -0.39 is 0 Å². The van der Waals surface area contributed by atoms with Crippen molar-refractivity contribution in [1.82, 2.24) is 14.9 Å². The number of nitrogens with zero attached hydrogens (tertiary/aromatic N) is 4. The summed E-state index contributed by atoms with van der Waals surface area (Å²) in [4.78, 5) is 12.7. The number of aromatic nitrogens is 2. The molecule has 0 radical (unpaired) electrons. The molecule has 0 aliphatic heterocycles. The van der Waals surface area contributed by atoms with Crippen LogP contribution in [0.2, 0.25) is 5.15 Å². The Hall–Kier alpha value is -1.07. The zero-order valence-electron chi connectivity index (χ0n) is 12.1. The van der Waals surface area contributed by atoms with Crippen molar-refractivity contribution in [2.75, 3.05) is 43.4 Å². The molecule has 0 amide bonds. The van der Waals surface area contributed by atoms with Gasteiger partial charge in [-0.15, -0.1) is 0 Å². The average Bonchev–Trinajstić information content (AvgIpc) is 2.43. The number of hydrogen-bond donors (Lipinski definition) is 1. The van der Waals surface area contributed by atoms with Gasteiger partial charge in [-0.3, -0.25) is 0 Å². The second kappa shape index (κ2) is 8.17. The van der Waals surface area contributed by atoms with E-state index in [1.807, 2.05) is 0 Å². The summed E-state index contributed by atoms with van der Waals surface area (Å²) in [5.74, 6) is 0.738. The molecule has 1 aromatic rings. The van der Waals surface area contributed by atoms with Gasteiger partial charge in [-0.2, -0.15) is 0 Å². The largest absolute Gasteiger partial charge is 0.393 e. The standard InChI is InChI=1S/C13H24ClN5/c1-4-18(5-2)8-7-9-19(6-3)13-11(15)12(14)16-10-17-13/h10H,4-9,15H2,1-3H3. The van der Waals surface area contributed by atoms with Gasteiger partial charge in [0.05, 0.1) is 0 Å². The summed E-state index contributed by atoms with van der Waals surface area (Å²) in [7, 11) is 0. The zero-order valence-corrected chi connectivity index (χ0v) is 12.8. The maximum absolute atomic E-state index is 5.93. The van der Waals surface area contributed by atoms with Gasteiger partial charge >= 0.3 is 0 Å². The van der Waals surface area contributed by atoms with E-state index in [-0.39, 0.29) is 0 Å². The van der Waals surface area contributed by atoms with Crippen molar-refractivity contribution in [3.05, 3.63) is 11.5 Å². The first kappa shape index (κ1) is 16.0. The third-order valence-corrected chi connectivity index (χ3v) is 3.59. The summed E-state index contributed by atoms with van der Waals surface area (Å²) in [6, 6.07) is 0. The van der Waals surface area contributed by atoms with E-state index in [2.05, 4.69) is 40.5 Å². The Labute approximate surface area is 120 Å². The topological polar surface area (TPSA) is 58.3 Å². The Bertz CT molecular complexity index is 381. The number of nitrogens with two attached hydrogens (primary N) is 1. The number of hydrogen-bond acceptors (Lipinski definition) is 5. The van der Waals surface area contributed by atoms with Gasteiger partial charge in [0.2, 0.25) is 0 Å². The van der Waals surface area contributed by atoms with Crippen molar-refractivity contribution in [3.63, 3.8) is 0 Å². The Morgan fingerprint density at radius 1 is 1.11 bits per heavy atom. The molecule has 5 nitrogen and oxygen atoms in total. The van der Waals surface area contributed by atoms with Gasteiger partial charge in [-0.1, -0.05) is 25.4 Å². The van der Waals surface area contributed by atoms with Crippen molar-refractivity contribution < 1.29 is 0 Å². The van der Waals surface area contributed by atoms with Crippen molar-refractivity contribution in [1.29, 1.82) is 0 Å². The molecule has 0 aliphatic rings. The lowest BCUT2D eigenvalue weighted by Crippen LogP contribution is -2.31. The molecule has 0 aromatic carbocycles. The van der Waals surface area contributed by atoms with Crippen LogP contribution in [0.5, 0.6) is 0 Å². The van der Waals surface area contributed by atoms with Gasteiger partial charge in [0.25, 0.3) is 0 Å². The molecule has 2 N–H and O–H groups in total. The third kappa shape index (κ3) is 4.51. The van der Waals surface area contributed by atoms with Gasteiger partial charge in [0.1, 0.15) is 12.0 Å². The molecule has 0 atom stereocenters. The van der Waals surface area contributed by atoms with E-state index in [1.165, 1.54) is 6.33 Å². The van der Waals surface area contributed by atoms with Crippen LogP contribution in [0.15, 0.2) is 6.33 Å². The van der Waals surface area contributed by atoms with Crippen molar-refractivity contribution >= 4 is 23.1 Å². The lowest BCUT2D eigenvalue weighted by Gasteiger charge is -2.25. The van der Waals surface area contributed by atoms with E-state index in [0.717, 1.165) is 45.0 Å². The highest BCUT2D eigenvalue weighted by molar-refractivity contribution is 6.32. The Morgan fingerprint density at radius 3 is 2.37 bits per heavy atom. The molecule has 0 bridgehead atoms. The van der Waals surface area contributed by atoms with Gasteiger partial charge in [0, 0.05) is 13.1 Å². The van der Waals surface area contributed by atoms with Crippen molar-refractivity contribution in [2.45, 2.75) is 27.2 Å². The molecule has 0 saturated heterocycles. The Morgan fingerprint density at radius 2 is 1.79 bits per heavy atom. The quantitative estimate of drug-likeness (QED) is 0.743. The molecular formula is C13H24ClN5. The summed E-state index contributed by atoms with van der Waals surface area (Å²) < 4.78 is 0. The molecule has 0 unspecified atom stereocenters. The minimum atomic E-state index is 0.326. The van der Waals surface area contributed by atoms with E-state index >= 15 is 0 Å². The van der Waals surface area contributed by atoms with Crippen LogP contribution in [-0.4, -0.2) is 47.6 Å². The molecule has 1 heterocycles. The minimum absolute atomic E-state index is 0.326. The van der Waals surface area contributed by atoms with Crippen LogP contribution in [0.1, 0.15) is 27.2 Å². The number of anilines is 2. The predicted molar refractivity (Wildman–Crippen MR) is 81.7 cm³/mol. The zero-order chi connectivity index (χ0) is 14.3. The monoisotopic (exact) mass is 285 g/mol. The fourth-order valence-electron chi connectivity index (χ4n) is 2.06. The molecule has 1 aromatic heterocycles. The molecule has 0 aliphatic carbocycles. The van der Waals surface area contributed by atoms with Gasteiger partial charge < -0.3 is 15.5 Å². The fraction of sp³-hybridized carbons (Fsp3) is 0.692. The van der Waals surface area contributed by atoms with Crippen LogP contribution >= 0.6 is 11.6 Å². The lowest BCUT2D eigenvalue weighted by atomic mass is 10.3. The fourth-order valence-corrected chi connectivity index (χ4v) is 2.18. The first-order valence-electron chi connectivity index (χ1n) is 6.87. The van der Waals surface area contributed by atoms with Crippen LogP contribution in [0.4, 0.5) is 11.5 Å². The van der Waals surface area contributed by atoms with Crippen LogP contribution in [0.3, 0.4) is 0 Å². The minimum Gasteiger partial charge on any atom is -0.393 e. The molecule has 19 heavy (non-hydrogen) atoms. The third-order valence-electron chi connectivity index (χ3n) is 3.29. The van der Waals surface area contributed by atoms with Crippen molar-refractivity contribution in [2.24, 2.45) is 0 Å². The number of rotatable bonds is 8. The highest BCUT2D eigenvalue weighted by Gasteiger charge is 2.12. The van der Waals surface area contributed by atoms with E-state index in [4.69, 9.17) is 17.3 Å². The van der Waals surface area contributed by atoms with E-state index in [9.17, 15) is 0 Å². The summed E-state index contributed by atoms with van der Waals surface area (Å²) in [5, 5.41) is 0.326. The number of nitrogen functional groups attached to an aromatic ring is 1. The SMILES string of the molecule is CCN(CC)CCCN(CC)c1ncnc(Cl)c1N. The second-order valence-electron chi connectivity index (χ2n) is 4.36. The Balaban J connectivity index is 2.61. The van der Waals surface area contributed by atoms with Crippen molar-refractivity contribution in [3.8, 4) is 0 Å². The molecule has 6 heteroatoms. The predicted octanol–water partition coefficient (Wildman–Crippen LogP) is 2.27. The molecule has 1 rings (SSSR count). The Kier molecular flexibility index (Phi) is 6.87. The average molecular weight is 286 g/mol.